The molecule has 0 atom stereocenters. The van der Waals surface area contributed by atoms with Crippen LogP contribution < -0.4 is 14.2 Å². The van der Waals surface area contributed by atoms with E-state index in [2.05, 4.69) is 15.9 Å². The molecule has 0 bridgehead atoms. The highest BCUT2D eigenvalue weighted by Gasteiger charge is 2.23. The molecule has 0 unspecified atom stereocenters. The fraction of sp³-hybridized carbons (Fsp3) is 0.136. The van der Waals surface area contributed by atoms with Crippen LogP contribution >= 0.6 is 15.9 Å². The monoisotopic (exact) mass is 472 g/mol. The molecule has 0 amide bonds. The van der Waals surface area contributed by atoms with Crippen LogP contribution in [0.15, 0.2) is 52.5 Å². The Hall–Kier alpha value is -3.39. The molecular weight excluding hydrogens is 456 g/mol. The number of ether oxygens (including phenoxy) is 4. The molecule has 2 aromatic carbocycles. The van der Waals surface area contributed by atoms with E-state index in [9.17, 15) is 14.4 Å². The van der Waals surface area contributed by atoms with Gasteiger partial charge in [0.15, 0.2) is 0 Å². The topological polar surface area (TPSA) is 88.1 Å². The van der Waals surface area contributed by atoms with Crippen molar-refractivity contribution in [1.29, 1.82) is 0 Å². The van der Waals surface area contributed by atoms with Gasteiger partial charge in [0.1, 0.15) is 23.0 Å². The second kappa shape index (κ2) is 8.96. The minimum absolute atomic E-state index is 0.133. The number of hydrogen-bond donors (Lipinski definition) is 0. The zero-order chi connectivity index (χ0) is 21.8. The number of hydrogen-bond acceptors (Lipinski definition) is 7. The summed E-state index contributed by atoms with van der Waals surface area (Å²) in [5.74, 6) is -0.245. The molecule has 1 heterocycles. The molecule has 0 saturated carbocycles. The summed E-state index contributed by atoms with van der Waals surface area (Å²) < 4.78 is 21.3. The van der Waals surface area contributed by atoms with Gasteiger partial charge in [-0.3, -0.25) is 9.59 Å². The molecule has 154 valence electrons. The predicted octanol–water partition coefficient (Wildman–Crippen LogP) is 4.29. The van der Waals surface area contributed by atoms with E-state index in [-0.39, 0.29) is 17.1 Å². The summed E-state index contributed by atoms with van der Waals surface area (Å²) in [6.45, 7) is 2.50. The van der Waals surface area contributed by atoms with E-state index in [1.54, 1.807) is 43.5 Å². The summed E-state index contributed by atoms with van der Waals surface area (Å²) in [5.41, 5.74) is 1.40. The molecule has 0 aliphatic carbocycles. The van der Waals surface area contributed by atoms with Gasteiger partial charge in [-0.15, -0.1) is 0 Å². The first-order valence-electron chi connectivity index (χ1n) is 8.77. The molecule has 30 heavy (non-hydrogen) atoms. The van der Waals surface area contributed by atoms with Gasteiger partial charge >= 0.3 is 17.9 Å². The molecule has 3 rings (SSSR count). The average Bonchev–Trinajstić information content (AvgIpc) is 3.05. The van der Waals surface area contributed by atoms with Crippen molar-refractivity contribution in [2.75, 3.05) is 7.11 Å². The van der Waals surface area contributed by atoms with Crippen molar-refractivity contribution in [3.05, 3.63) is 63.6 Å². The molecule has 7 nitrogen and oxygen atoms in total. The van der Waals surface area contributed by atoms with Gasteiger partial charge in [-0.2, -0.15) is 0 Å². The Labute approximate surface area is 181 Å². The highest BCUT2D eigenvalue weighted by Crippen LogP contribution is 2.36. The summed E-state index contributed by atoms with van der Waals surface area (Å²) in [4.78, 5) is 35.1. The molecule has 2 aromatic rings. The molecule has 1 aliphatic heterocycles. The SMILES string of the molecule is COc1ccc(C2=C/C(=C\c3cc(Br)c(OC(C)=O)cc3OC(C)=O)C(=O)O2)cc1. The summed E-state index contributed by atoms with van der Waals surface area (Å²) in [6.07, 6.45) is 3.12. The van der Waals surface area contributed by atoms with Crippen LogP contribution in [0.25, 0.3) is 11.8 Å². The zero-order valence-corrected chi connectivity index (χ0v) is 17.9. The molecule has 8 heteroatoms. The molecular formula is C22H17BrO7. The number of cyclic esters (lactones) is 1. The number of rotatable bonds is 5. The van der Waals surface area contributed by atoms with Crippen LogP contribution in [0.5, 0.6) is 17.2 Å². The first-order valence-corrected chi connectivity index (χ1v) is 9.56. The second-order valence-corrected chi connectivity index (χ2v) is 7.09. The molecule has 0 spiro atoms. The number of carbonyl (C=O) groups is 3. The number of halogens is 1. The van der Waals surface area contributed by atoms with Crippen LogP contribution in [-0.2, 0) is 19.1 Å². The van der Waals surface area contributed by atoms with Crippen LogP contribution in [0.3, 0.4) is 0 Å². The first kappa shape index (κ1) is 21.3. The standard InChI is InChI=1S/C22H17BrO7/c1-12(24)28-20-11-21(29-13(2)25)18(23)9-15(20)8-16-10-19(30-22(16)26)14-4-6-17(27-3)7-5-14/h4-11H,1-3H3/b16-8+. The van der Waals surface area contributed by atoms with E-state index < -0.39 is 17.9 Å². The quantitative estimate of drug-likeness (QED) is 0.364. The Balaban J connectivity index is 2.00. The Morgan fingerprint density at radius 3 is 2.23 bits per heavy atom. The Morgan fingerprint density at radius 1 is 1.00 bits per heavy atom. The normalized spacial score (nSPS) is 14.2. The van der Waals surface area contributed by atoms with Crippen molar-refractivity contribution < 1.29 is 33.3 Å². The third-order valence-electron chi connectivity index (χ3n) is 3.98. The van der Waals surface area contributed by atoms with Crippen molar-refractivity contribution >= 4 is 45.7 Å². The van der Waals surface area contributed by atoms with Gasteiger partial charge in [-0.25, -0.2) is 4.79 Å². The van der Waals surface area contributed by atoms with Gasteiger partial charge in [0.05, 0.1) is 17.2 Å². The largest absolute Gasteiger partial charge is 0.497 e. The molecule has 0 N–H and O–H groups in total. The van der Waals surface area contributed by atoms with Crippen molar-refractivity contribution in [1.82, 2.24) is 0 Å². The highest BCUT2D eigenvalue weighted by atomic mass is 79.9. The highest BCUT2D eigenvalue weighted by molar-refractivity contribution is 9.10. The smallest absolute Gasteiger partial charge is 0.343 e. The summed E-state index contributed by atoms with van der Waals surface area (Å²) >= 11 is 3.31. The van der Waals surface area contributed by atoms with Crippen LogP contribution in [0, 0.1) is 0 Å². The maximum absolute atomic E-state index is 12.4. The van der Waals surface area contributed by atoms with Crippen molar-refractivity contribution in [2.24, 2.45) is 0 Å². The number of methoxy groups -OCH3 is 1. The lowest BCUT2D eigenvalue weighted by Gasteiger charge is -2.11. The van der Waals surface area contributed by atoms with Crippen molar-refractivity contribution in [3.8, 4) is 17.2 Å². The van der Waals surface area contributed by atoms with Gasteiger partial charge in [0.2, 0.25) is 0 Å². The maximum Gasteiger partial charge on any atom is 0.343 e. The predicted molar refractivity (Wildman–Crippen MR) is 112 cm³/mol. The van der Waals surface area contributed by atoms with E-state index in [0.717, 1.165) is 0 Å². The Morgan fingerprint density at radius 2 is 1.63 bits per heavy atom. The van der Waals surface area contributed by atoms with E-state index in [1.807, 2.05) is 0 Å². The lowest BCUT2D eigenvalue weighted by molar-refractivity contribution is -0.132. The lowest BCUT2D eigenvalue weighted by Crippen LogP contribution is -2.06. The van der Waals surface area contributed by atoms with E-state index >= 15 is 0 Å². The van der Waals surface area contributed by atoms with E-state index in [0.29, 0.717) is 27.1 Å². The van der Waals surface area contributed by atoms with Gasteiger partial charge in [0, 0.05) is 31.0 Å². The van der Waals surface area contributed by atoms with Crippen LogP contribution in [0.2, 0.25) is 0 Å². The summed E-state index contributed by atoms with van der Waals surface area (Å²) in [6, 6.07) is 10.0. The molecule has 0 saturated heterocycles. The third kappa shape index (κ3) is 4.96. The van der Waals surface area contributed by atoms with Crippen LogP contribution in [0.1, 0.15) is 25.0 Å². The fourth-order valence-corrected chi connectivity index (χ4v) is 3.14. The van der Waals surface area contributed by atoms with Crippen LogP contribution in [-0.4, -0.2) is 25.0 Å². The van der Waals surface area contributed by atoms with Crippen molar-refractivity contribution in [3.63, 3.8) is 0 Å². The number of benzene rings is 2. The van der Waals surface area contributed by atoms with Gasteiger partial charge < -0.3 is 18.9 Å². The molecule has 1 aliphatic rings. The fourth-order valence-electron chi connectivity index (χ4n) is 2.69. The van der Waals surface area contributed by atoms with E-state index in [1.165, 1.54) is 26.0 Å². The first-order chi connectivity index (χ1) is 14.3. The minimum Gasteiger partial charge on any atom is -0.497 e. The zero-order valence-electron chi connectivity index (χ0n) is 16.4. The van der Waals surface area contributed by atoms with Gasteiger partial charge in [-0.1, -0.05) is 0 Å². The van der Waals surface area contributed by atoms with Gasteiger partial charge in [0.25, 0.3) is 0 Å². The molecule has 0 fully saturated rings. The van der Waals surface area contributed by atoms with Crippen LogP contribution in [0.4, 0.5) is 0 Å². The molecule has 0 radical (unpaired) electrons. The third-order valence-corrected chi connectivity index (χ3v) is 4.60. The minimum atomic E-state index is -0.561. The second-order valence-electron chi connectivity index (χ2n) is 6.23. The maximum atomic E-state index is 12.4. The Kier molecular flexibility index (Phi) is 6.37. The average molecular weight is 473 g/mol. The Bertz CT molecular complexity index is 1080. The summed E-state index contributed by atoms with van der Waals surface area (Å²) in [5, 5.41) is 0. The van der Waals surface area contributed by atoms with E-state index in [4.69, 9.17) is 18.9 Å². The van der Waals surface area contributed by atoms with Crippen molar-refractivity contribution in [2.45, 2.75) is 13.8 Å². The molecule has 0 aromatic heterocycles. The van der Waals surface area contributed by atoms with Gasteiger partial charge in [-0.05, 0) is 58.4 Å². The number of carbonyl (C=O) groups excluding carboxylic acids is 3. The number of esters is 3. The summed E-state index contributed by atoms with van der Waals surface area (Å²) in [7, 11) is 1.57. The lowest BCUT2D eigenvalue weighted by atomic mass is 10.1.